The molecule has 0 aromatic heterocycles. The minimum Gasteiger partial charge on any atom is -0.489 e. The molecule has 1 fully saturated rings. The van der Waals surface area contributed by atoms with Gasteiger partial charge in [-0.25, -0.2) is 0 Å². The van der Waals surface area contributed by atoms with Crippen molar-refractivity contribution in [2.24, 2.45) is 4.99 Å². The van der Waals surface area contributed by atoms with E-state index in [0.29, 0.717) is 13.1 Å². The molecule has 0 amide bonds. The molecule has 25 heavy (non-hydrogen) atoms. The summed E-state index contributed by atoms with van der Waals surface area (Å²) in [5, 5.41) is 16.9. The third-order valence-corrected chi connectivity index (χ3v) is 5.08. The van der Waals surface area contributed by atoms with E-state index in [2.05, 4.69) is 28.6 Å². The van der Waals surface area contributed by atoms with Gasteiger partial charge < -0.3 is 20.5 Å². The van der Waals surface area contributed by atoms with Gasteiger partial charge in [0.15, 0.2) is 5.96 Å². The number of aliphatic hydroxyl groups is 1. The Morgan fingerprint density at radius 3 is 2.88 bits per heavy atom. The van der Waals surface area contributed by atoms with Crippen LogP contribution in [-0.2, 0) is 0 Å². The zero-order valence-corrected chi connectivity index (χ0v) is 18.4. The van der Waals surface area contributed by atoms with Crippen LogP contribution in [-0.4, -0.2) is 53.9 Å². The molecule has 1 aromatic rings. The largest absolute Gasteiger partial charge is 0.489 e. The van der Waals surface area contributed by atoms with Gasteiger partial charge >= 0.3 is 0 Å². The van der Waals surface area contributed by atoms with Crippen LogP contribution < -0.4 is 15.4 Å². The van der Waals surface area contributed by atoms with Gasteiger partial charge in [0.2, 0.25) is 0 Å². The number of hydrogen-bond acceptors (Lipinski definition) is 4. The third-order valence-electron chi connectivity index (χ3n) is 3.84. The van der Waals surface area contributed by atoms with Crippen LogP contribution in [0.1, 0.15) is 25.8 Å². The maximum Gasteiger partial charge on any atom is 0.191 e. The molecule has 0 aliphatic carbocycles. The van der Waals surface area contributed by atoms with Crippen LogP contribution in [0.4, 0.5) is 0 Å². The lowest BCUT2D eigenvalue weighted by atomic mass is 10.1. The van der Waals surface area contributed by atoms with Crippen molar-refractivity contribution in [2.45, 2.75) is 38.9 Å². The predicted octanol–water partition coefficient (Wildman–Crippen LogP) is 2.80. The van der Waals surface area contributed by atoms with E-state index >= 15 is 0 Å². The third kappa shape index (κ3) is 8.04. The van der Waals surface area contributed by atoms with Gasteiger partial charge in [0.05, 0.1) is 18.7 Å². The normalized spacial score (nSPS) is 21.4. The summed E-state index contributed by atoms with van der Waals surface area (Å²) in [5.74, 6) is 3.38. The summed E-state index contributed by atoms with van der Waals surface area (Å²) in [7, 11) is 0. The molecule has 0 spiro atoms. The lowest BCUT2D eigenvalue weighted by molar-refractivity contribution is 0.0778. The number of halogens is 1. The van der Waals surface area contributed by atoms with E-state index in [1.807, 2.05) is 32.0 Å². The second-order valence-corrected chi connectivity index (χ2v) is 7.45. The fraction of sp³-hybridized carbons (Fsp3) is 0.611. The minimum absolute atomic E-state index is 0. The van der Waals surface area contributed by atoms with Gasteiger partial charge in [0.1, 0.15) is 11.9 Å². The Labute approximate surface area is 172 Å². The summed E-state index contributed by atoms with van der Waals surface area (Å²) in [4.78, 5) is 4.54. The van der Waals surface area contributed by atoms with Crippen LogP contribution in [0.25, 0.3) is 0 Å². The molecule has 5 nitrogen and oxygen atoms in total. The Bertz CT molecular complexity index is 551. The monoisotopic (exact) mass is 479 g/mol. The van der Waals surface area contributed by atoms with Crippen molar-refractivity contribution in [1.82, 2.24) is 10.6 Å². The second-order valence-electron chi connectivity index (χ2n) is 6.35. The molecule has 2 rings (SSSR count). The van der Waals surface area contributed by atoms with Gasteiger partial charge in [-0.05, 0) is 50.6 Å². The highest BCUT2D eigenvalue weighted by molar-refractivity contribution is 14.0. The Morgan fingerprint density at radius 1 is 1.44 bits per heavy atom. The number of nitrogens with zero attached hydrogens (tertiary/aromatic N) is 1. The van der Waals surface area contributed by atoms with E-state index in [1.165, 1.54) is 5.56 Å². The first-order chi connectivity index (χ1) is 11.5. The van der Waals surface area contributed by atoms with Crippen molar-refractivity contribution in [3.05, 3.63) is 29.8 Å². The minimum atomic E-state index is -0.656. The van der Waals surface area contributed by atoms with E-state index in [-0.39, 0.29) is 30.1 Å². The lowest BCUT2D eigenvalue weighted by Crippen LogP contribution is -2.43. The Hall–Kier alpha value is -0.670. The van der Waals surface area contributed by atoms with E-state index in [9.17, 15) is 5.11 Å². The van der Waals surface area contributed by atoms with Crippen molar-refractivity contribution in [1.29, 1.82) is 0 Å². The Balaban J connectivity index is 0.00000312. The fourth-order valence-electron chi connectivity index (χ4n) is 2.49. The predicted molar refractivity (Wildman–Crippen MR) is 118 cm³/mol. The van der Waals surface area contributed by atoms with Crippen LogP contribution in [0.15, 0.2) is 29.3 Å². The first-order valence-corrected chi connectivity index (χ1v) is 9.72. The van der Waals surface area contributed by atoms with E-state index in [0.717, 1.165) is 36.2 Å². The molecule has 3 N–H and O–H groups in total. The second kappa shape index (κ2) is 11.1. The number of hydrogen-bond donors (Lipinski definition) is 3. The molecule has 0 saturated carbocycles. The van der Waals surface area contributed by atoms with Gasteiger partial charge in [-0.1, -0.05) is 12.1 Å². The molecule has 2 atom stereocenters. The van der Waals surface area contributed by atoms with Gasteiger partial charge in [-0.15, -0.1) is 24.0 Å². The molecule has 142 valence electrons. The first-order valence-electron chi connectivity index (χ1n) is 8.56. The van der Waals surface area contributed by atoms with Crippen LogP contribution in [0.5, 0.6) is 5.75 Å². The van der Waals surface area contributed by atoms with E-state index in [4.69, 9.17) is 4.74 Å². The molecule has 7 heteroatoms. The number of rotatable bonds is 7. The number of aliphatic imine (C=N–C) groups is 1. The smallest absolute Gasteiger partial charge is 0.191 e. The summed E-state index contributed by atoms with van der Waals surface area (Å²) < 4.78 is 5.92. The molecule has 0 radical (unpaired) electrons. The standard InChI is InChI=1S/C18H29N3O2S.HI/c1-4-19-17(21-12-18(22)8-9-24-13-18)20-11-15(3)23-16-7-5-6-14(2)10-16;/h5-7,10,15,22H,4,8-9,11-13H2,1-3H3,(H2,19,20,21);1H. The van der Waals surface area contributed by atoms with Gasteiger partial charge in [0, 0.05) is 12.3 Å². The SMILES string of the molecule is CCNC(=NCC1(O)CCSC1)NCC(C)Oc1cccc(C)c1.I. The Morgan fingerprint density at radius 2 is 2.24 bits per heavy atom. The molecule has 0 bridgehead atoms. The number of nitrogens with one attached hydrogen (secondary N) is 2. The summed E-state index contributed by atoms with van der Waals surface area (Å²) in [6.45, 7) is 7.98. The summed E-state index contributed by atoms with van der Waals surface area (Å²) in [5.41, 5.74) is 0.529. The number of thioether (sulfide) groups is 1. The Kier molecular flexibility index (Phi) is 9.96. The quantitative estimate of drug-likeness (QED) is 0.319. The molecule has 1 aliphatic rings. The average molecular weight is 479 g/mol. The maximum atomic E-state index is 10.4. The first kappa shape index (κ1) is 22.4. The number of ether oxygens (including phenoxy) is 1. The van der Waals surface area contributed by atoms with E-state index in [1.54, 1.807) is 11.8 Å². The molecule has 2 unspecified atom stereocenters. The fourth-order valence-corrected chi connectivity index (χ4v) is 3.78. The molecular weight excluding hydrogens is 449 g/mol. The van der Waals surface area contributed by atoms with Crippen molar-refractivity contribution in [2.75, 3.05) is 31.1 Å². The van der Waals surface area contributed by atoms with Crippen LogP contribution in [0.3, 0.4) is 0 Å². The lowest BCUT2D eigenvalue weighted by Gasteiger charge is -2.21. The molecular formula is C18H30IN3O2S. The number of benzene rings is 1. The van der Waals surface area contributed by atoms with Crippen molar-refractivity contribution < 1.29 is 9.84 Å². The van der Waals surface area contributed by atoms with Gasteiger partial charge in [0.25, 0.3) is 0 Å². The highest BCUT2D eigenvalue weighted by Crippen LogP contribution is 2.27. The summed E-state index contributed by atoms with van der Waals surface area (Å²) in [6, 6.07) is 8.05. The molecule has 1 saturated heterocycles. The molecule has 1 aliphatic heterocycles. The van der Waals surface area contributed by atoms with Crippen molar-refractivity contribution in [3.8, 4) is 5.75 Å². The van der Waals surface area contributed by atoms with Crippen molar-refractivity contribution >= 4 is 41.7 Å². The van der Waals surface area contributed by atoms with Crippen LogP contribution >= 0.6 is 35.7 Å². The van der Waals surface area contributed by atoms with Gasteiger partial charge in [-0.2, -0.15) is 11.8 Å². The van der Waals surface area contributed by atoms with E-state index < -0.39 is 5.60 Å². The van der Waals surface area contributed by atoms with Crippen LogP contribution in [0, 0.1) is 6.92 Å². The van der Waals surface area contributed by atoms with Gasteiger partial charge in [-0.3, -0.25) is 4.99 Å². The van der Waals surface area contributed by atoms with Crippen LogP contribution in [0.2, 0.25) is 0 Å². The maximum absolute atomic E-state index is 10.4. The zero-order valence-electron chi connectivity index (χ0n) is 15.2. The topological polar surface area (TPSA) is 65.9 Å². The summed E-state index contributed by atoms with van der Waals surface area (Å²) >= 11 is 1.79. The molecule has 1 aromatic carbocycles. The highest BCUT2D eigenvalue weighted by atomic mass is 127. The zero-order chi connectivity index (χ0) is 17.4. The van der Waals surface area contributed by atoms with Crippen molar-refractivity contribution in [3.63, 3.8) is 0 Å². The number of guanidine groups is 1. The summed E-state index contributed by atoms with van der Waals surface area (Å²) in [6.07, 6.45) is 0.828. The average Bonchev–Trinajstić information content (AvgIpc) is 2.97. The number of aryl methyl sites for hydroxylation is 1. The molecule has 1 heterocycles. The highest BCUT2D eigenvalue weighted by Gasteiger charge is 2.31.